The van der Waals surface area contributed by atoms with E-state index in [1.165, 1.54) is 12.8 Å². The molecular weight excluding hydrogens is 326 g/mol. The number of carbonyl (C=O) groups excluding carboxylic acids is 2. The average molecular weight is 362 g/mol. The van der Waals surface area contributed by atoms with Crippen LogP contribution in [0.2, 0.25) is 0 Å². The van der Waals surface area contributed by atoms with Crippen LogP contribution >= 0.6 is 0 Å². The third-order valence-electron chi connectivity index (χ3n) is 5.48. The third-order valence-corrected chi connectivity index (χ3v) is 5.48. The van der Waals surface area contributed by atoms with E-state index in [0.717, 1.165) is 25.1 Å². The fourth-order valence-electron chi connectivity index (χ4n) is 3.24. The van der Waals surface area contributed by atoms with Crippen LogP contribution in [0, 0.1) is 5.92 Å². The highest BCUT2D eigenvalue weighted by Gasteiger charge is 2.31. The lowest BCUT2D eigenvalue weighted by Crippen LogP contribution is -2.40. The second kappa shape index (κ2) is 10.3. The molecule has 5 heteroatoms. The van der Waals surface area contributed by atoms with E-state index in [1.807, 2.05) is 6.92 Å². The van der Waals surface area contributed by atoms with Gasteiger partial charge in [-0.05, 0) is 70.2 Å². The van der Waals surface area contributed by atoms with Crippen molar-refractivity contribution in [1.29, 1.82) is 0 Å². The molecular formula is C21H35N3O2. The molecule has 0 aromatic carbocycles. The van der Waals surface area contributed by atoms with Crippen LogP contribution in [0.5, 0.6) is 0 Å². The highest BCUT2D eigenvalue weighted by atomic mass is 16.1. The fraction of sp³-hybridized carbons (Fsp3) is 0.619. The molecule has 1 rings (SSSR count). The monoisotopic (exact) mass is 361 g/mol. The molecule has 2 N–H and O–H groups in total. The second-order valence-corrected chi connectivity index (χ2v) is 7.67. The second-order valence-electron chi connectivity index (χ2n) is 7.67. The van der Waals surface area contributed by atoms with E-state index in [9.17, 15) is 9.59 Å². The predicted molar refractivity (Wildman–Crippen MR) is 107 cm³/mol. The molecule has 1 unspecified atom stereocenters. The van der Waals surface area contributed by atoms with Crippen LogP contribution in [0.15, 0.2) is 35.7 Å². The smallest absolute Gasteiger partial charge is 0.225 e. The van der Waals surface area contributed by atoms with Crippen molar-refractivity contribution in [2.75, 3.05) is 13.1 Å². The quantitative estimate of drug-likeness (QED) is 0.462. The highest BCUT2D eigenvalue weighted by molar-refractivity contribution is 5.78. The van der Waals surface area contributed by atoms with Crippen molar-refractivity contribution in [3.05, 3.63) is 35.7 Å². The number of hydrogen-bond donors (Lipinski definition) is 2. The summed E-state index contributed by atoms with van der Waals surface area (Å²) in [5, 5.41) is 5.64. The van der Waals surface area contributed by atoms with Crippen molar-refractivity contribution >= 4 is 12.3 Å². The minimum atomic E-state index is -0.0366. The summed E-state index contributed by atoms with van der Waals surface area (Å²) in [7, 11) is 0. The van der Waals surface area contributed by atoms with Crippen molar-refractivity contribution in [3.63, 3.8) is 0 Å². The Morgan fingerprint density at radius 1 is 1.38 bits per heavy atom. The Hall–Kier alpha value is -1.88. The van der Waals surface area contributed by atoms with Crippen LogP contribution in [0.4, 0.5) is 0 Å². The molecule has 0 spiro atoms. The number of carbonyl (C=O) groups is 2. The van der Waals surface area contributed by atoms with Crippen molar-refractivity contribution in [2.45, 2.75) is 65.8 Å². The van der Waals surface area contributed by atoms with Gasteiger partial charge in [-0.25, -0.2) is 0 Å². The lowest BCUT2D eigenvalue weighted by Gasteiger charge is -2.31. The number of nitrogens with one attached hydrogen (secondary N) is 2. The Bertz CT molecular complexity index is 576. The number of rotatable bonds is 10. The maximum absolute atomic E-state index is 12.3. The van der Waals surface area contributed by atoms with Gasteiger partial charge < -0.3 is 10.6 Å². The molecule has 26 heavy (non-hydrogen) atoms. The summed E-state index contributed by atoms with van der Waals surface area (Å²) in [5.74, 6) is 0.304. The molecule has 0 bridgehead atoms. The van der Waals surface area contributed by atoms with Crippen LogP contribution in [-0.4, -0.2) is 35.8 Å². The summed E-state index contributed by atoms with van der Waals surface area (Å²) in [6.45, 7) is 16.3. The largest absolute Gasteiger partial charge is 0.329 e. The molecule has 146 valence electrons. The summed E-state index contributed by atoms with van der Waals surface area (Å²) in [6.07, 6.45) is 7.83. The normalized spacial score (nSPS) is 19.5. The van der Waals surface area contributed by atoms with E-state index in [-0.39, 0.29) is 11.4 Å². The lowest BCUT2D eigenvalue weighted by atomic mass is 9.97. The number of allylic oxidation sites excluding steroid dienone is 3. The predicted octanol–water partition coefficient (Wildman–Crippen LogP) is 3.50. The van der Waals surface area contributed by atoms with Crippen LogP contribution in [-0.2, 0) is 9.59 Å². The molecule has 1 aliphatic rings. The fourth-order valence-corrected chi connectivity index (χ4v) is 3.24. The standard InChI is InChI=1S/C21H35N3O2/c1-7-16(3)17(4)19(22-15-25)14-18(8-2)23-20(26)10-13-24-12-9-11-21(24,5)6/h8,14-16H,2,7,9-13H2,1,3-6H3,(H,22,25)(H,23,26)/b18-14+,19-17+. The number of nitrogens with zero attached hydrogens (tertiary/aromatic N) is 1. The number of likely N-dealkylation sites (tertiary alicyclic amines) is 1. The molecule has 1 saturated heterocycles. The molecule has 1 fully saturated rings. The number of amides is 2. The van der Waals surface area contributed by atoms with Crippen LogP contribution in [0.1, 0.15) is 60.3 Å². The Morgan fingerprint density at radius 2 is 2.08 bits per heavy atom. The summed E-state index contributed by atoms with van der Waals surface area (Å²) in [6, 6.07) is 0. The van der Waals surface area contributed by atoms with Gasteiger partial charge in [-0.3, -0.25) is 14.5 Å². The zero-order valence-electron chi connectivity index (χ0n) is 17.0. The van der Waals surface area contributed by atoms with E-state index in [0.29, 0.717) is 30.1 Å². The van der Waals surface area contributed by atoms with Gasteiger partial charge in [0.2, 0.25) is 12.3 Å². The molecule has 5 nitrogen and oxygen atoms in total. The van der Waals surface area contributed by atoms with E-state index < -0.39 is 0 Å². The summed E-state index contributed by atoms with van der Waals surface area (Å²) in [5.41, 5.74) is 2.56. The van der Waals surface area contributed by atoms with E-state index in [2.05, 4.69) is 49.8 Å². The van der Waals surface area contributed by atoms with Gasteiger partial charge in [0.1, 0.15) is 0 Å². The first-order chi connectivity index (χ1) is 12.2. The van der Waals surface area contributed by atoms with Gasteiger partial charge in [0.25, 0.3) is 0 Å². The molecule has 0 aromatic rings. The van der Waals surface area contributed by atoms with E-state index >= 15 is 0 Å². The van der Waals surface area contributed by atoms with Gasteiger partial charge in [-0.2, -0.15) is 0 Å². The summed E-state index contributed by atoms with van der Waals surface area (Å²) in [4.78, 5) is 25.7. The average Bonchev–Trinajstić information content (AvgIpc) is 2.95. The molecule has 0 saturated carbocycles. The topological polar surface area (TPSA) is 61.4 Å². The highest BCUT2D eigenvalue weighted by Crippen LogP contribution is 2.27. The Balaban J connectivity index is 2.76. The first-order valence-electron chi connectivity index (χ1n) is 9.55. The molecule has 2 amide bonds. The van der Waals surface area contributed by atoms with Crippen molar-refractivity contribution < 1.29 is 9.59 Å². The lowest BCUT2D eigenvalue weighted by molar-refractivity contribution is -0.120. The van der Waals surface area contributed by atoms with E-state index in [4.69, 9.17) is 0 Å². The van der Waals surface area contributed by atoms with Crippen molar-refractivity contribution in [1.82, 2.24) is 15.5 Å². The zero-order valence-corrected chi connectivity index (χ0v) is 17.0. The Labute approximate surface area is 158 Å². The summed E-state index contributed by atoms with van der Waals surface area (Å²) < 4.78 is 0. The first-order valence-corrected chi connectivity index (χ1v) is 9.55. The maximum Gasteiger partial charge on any atom is 0.225 e. The summed E-state index contributed by atoms with van der Waals surface area (Å²) >= 11 is 0. The molecule has 1 atom stereocenters. The molecule has 0 aromatic heterocycles. The van der Waals surface area contributed by atoms with Gasteiger partial charge >= 0.3 is 0 Å². The van der Waals surface area contributed by atoms with Crippen LogP contribution in [0.3, 0.4) is 0 Å². The van der Waals surface area contributed by atoms with Gasteiger partial charge in [-0.1, -0.05) is 20.4 Å². The third kappa shape index (κ3) is 6.45. The minimum Gasteiger partial charge on any atom is -0.329 e. The Morgan fingerprint density at radius 3 is 2.58 bits per heavy atom. The maximum atomic E-state index is 12.3. The molecule has 0 aliphatic carbocycles. The number of hydrogen-bond acceptors (Lipinski definition) is 3. The van der Waals surface area contributed by atoms with Crippen LogP contribution < -0.4 is 10.6 Å². The minimum absolute atomic E-state index is 0.0366. The molecule has 0 radical (unpaired) electrons. The van der Waals surface area contributed by atoms with Gasteiger partial charge in [0, 0.05) is 29.9 Å². The van der Waals surface area contributed by atoms with E-state index in [1.54, 1.807) is 12.2 Å². The van der Waals surface area contributed by atoms with Gasteiger partial charge in [-0.15, -0.1) is 0 Å². The van der Waals surface area contributed by atoms with Gasteiger partial charge in [0.05, 0.1) is 0 Å². The molecule has 1 aliphatic heterocycles. The van der Waals surface area contributed by atoms with Gasteiger partial charge in [0.15, 0.2) is 0 Å². The van der Waals surface area contributed by atoms with Crippen molar-refractivity contribution in [3.8, 4) is 0 Å². The SMILES string of the molecule is C=C/C(=C\C(NC=O)=C(\C)C(C)CC)NC(=O)CCN1CCCC1(C)C. The Kier molecular flexibility index (Phi) is 8.79. The first kappa shape index (κ1) is 22.2. The zero-order chi connectivity index (χ0) is 19.7. The molecule has 1 heterocycles. The van der Waals surface area contributed by atoms with Crippen molar-refractivity contribution in [2.24, 2.45) is 5.92 Å². The van der Waals surface area contributed by atoms with Crippen LogP contribution in [0.25, 0.3) is 0 Å².